The minimum atomic E-state index is -0.362. The average molecular weight is 298 g/mol. The summed E-state index contributed by atoms with van der Waals surface area (Å²) in [6.07, 6.45) is 0. The van der Waals surface area contributed by atoms with Crippen LogP contribution in [0.5, 0.6) is 0 Å². The number of hydrogen-bond donors (Lipinski definition) is 1. The van der Waals surface area contributed by atoms with E-state index in [1.54, 1.807) is 11.8 Å². The topological polar surface area (TPSA) is 81.2 Å². The van der Waals surface area contributed by atoms with Crippen LogP contribution in [0.2, 0.25) is 0 Å². The van der Waals surface area contributed by atoms with E-state index in [1.165, 1.54) is 0 Å². The number of halogens is 1. The minimum absolute atomic E-state index is 0.0366. The largest absolute Gasteiger partial charge is 0.290 e. The smallest absolute Gasteiger partial charge is 0.284 e. The molecule has 1 atom stereocenters. The summed E-state index contributed by atoms with van der Waals surface area (Å²) in [5.74, 6) is 0.184. The molecule has 0 saturated heterocycles. The first-order valence-corrected chi connectivity index (χ1v) is 6.00. The summed E-state index contributed by atoms with van der Waals surface area (Å²) in [7, 11) is 0. The Morgan fingerprint density at radius 1 is 1.41 bits per heavy atom. The monoisotopic (exact) mass is 297 g/mol. The Morgan fingerprint density at radius 3 is 2.65 bits per heavy atom. The fourth-order valence-corrected chi connectivity index (χ4v) is 2.21. The average Bonchev–Trinajstić information content (AvgIpc) is 2.20. The predicted octanol–water partition coefficient (Wildman–Crippen LogP) is 1.21. The van der Waals surface area contributed by atoms with E-state index in [4.69, 9.17) is 5.41 Å². The van der Waals surface area contributed by atoms with Crippen molar-refractivity contribution in [2.24, 2.45) is 15.0 Å². The van der Waals surface area contributed by atoms with Crippen molar-refractivity contribution < 1.29 is 4.79 Å². The number of rotatable bonds is 1. The Kier molecular flexibility index (Phi) is 2.94. The Labute approximate surface area is 107 Å². The van der Waals surface area contributed by atoms with Crippen LogP contribution in [0.15, 0.2) is 15.0 Å². The zero-order chi connectivity index (χ0) is 12.7. The SMILES string of the molecule is CC1=NC(=N)N=C2C1N=C(Br)C(=O)N2C(C)C. The number of amides is 1. The van der Waals surface area contributed by atoms with Gasteiger partial charge in [-0.1, -0.05) is 0 Å². The first-order valence-electron chi connectivity index (χ1n) is 5.21. The van der Waals surface area contributed by atoms with E-state index >= 15 is 0 Å². The van der Waals surface area contributed by atoms with Gasteiger partial charge in [0.2, 0.25) is 5.96 Å². The van der Waals surface area contributed by atoms with E-state index in [-0.39, 0.29) is 28.6 Å². The number of carbonyl (C=O) groups is 1. The molecule has 0 saturated carbocycles. The Morgan fingerprint density at radius 2 is 2.06 bits per heavy atom. The molecular weight excluding hydrogens is 286 g/mol. The van der Waals surface area contributed by atoms with Crippen LogP contribution in [-0.4, -0.2) is 45.0 Å². The lowest BCUT2D eigenvalue weighted by molar-refractivity contribution is -0.121. The van der Waals surface area contributed by atoms with Crippen molar-refractivity contribution in [3.05, 3.63) is 0 Å². The number of nitrogens with zero attached hydrogens (tertiary/aromatic N) is 4. The molecule has 0 spiro atoms. The van der Waals surface area contributed by atoms with E-state index < -0.39 is 0 Å². The van der Waals surface area contributed by atoms with E-state index in [0.29, 0.717) is 11.5 Å². The molecule has 1 unspecified atom stereocenters. The molecule has 2 heterocycles. The fourth-order valence-electron chi connectivity index (χ4n) is 1.82. The number of carbonyl (C=O) groups excluding carboxylic acids is 1. The van der Waals surface area contributed by atoms with Crippen molar-refractivity contribution in [2.75, 3.05) is 0 Å². The summed E-state index contributed by atoms with van der Waals surface area (Å²) in [5.41, 5.74) is 0.676. The summed E-state index contributed by atoms with van der Waals surface area (Å²) in [6, 6.07) is -0.399. The second-order valence-electron chi connectivity index (χ2n) is 4.14. The molecule has 0 aliphatic carbocycles. The third-order valence-corrected chi connectivity index (χ3v) is 3.09. The van der Waals surface area contributed by atoms with Gasteiger partial charge in [-0.2, -0.15) is 4.99 Å². The molecule has 2 rings (SSSR count). The first-order chi connectivity index (χ1) is 7.91. The van der Waals surface area contributed by atoms with Crippen molar-refractivity contribution in [3.8, 4) is 0 Å². The zero-order valence-electron chi connectivity index (χ0n) is 9.73. The van der Waals surface area contributed by atoms with Gasteiger partial charge in [-0.15, -0.1) is 0 Å². The highest BCUT2D eigenvalue weighted by Gasteiger charge is 2.38. The van der Waals surface area contributed by atoms with Crippen molar-refractivity contribution in [2.45, 2.75) is 32.9 Å². The maximum Gasteiger partial charge on any atom is 0.284 e. The summed E-state index contributed by atoms with van der Waals surface area (Å²) >= 11 is 3.16. The molecule has 7 heteroatoms. The van der Waals surface area contributed by atoms with Gasteiger partial charge in [0.05, 0.1) is 5.71 Å². The summed E-state index contributed by atoms with van der Waals surface area (Å²) in [4.78, 5) is 25.8. The van der Waals surface area contributed by atoms with Gasteiger partial charge in [0.1, 0.15) is 11.9 Å². The van der Waals surface area contributed by atoms with Crippen molar-refractivity contribution in [1.82, 2.24) is 4.90 Å². The number of aliphatic imine (C=N–C) groups is 3. The zero-order valence-corrected chi connectivity index (χ0v) is 11.3. The normalized spacial score (nSPS) is 24.4. The van der Waals surface area contributed by atoms with Gasteiger partial charge < -0.3 is 0 Å². The Bertz CT molecular complexity index is 491. The number of fused-ring (bicyclic) bond motifs is 1. The molecule has 1 N–H and O–H groups in total. The number of hydrogen-bond acceptors (Lipinski definition) is 3. The molecule has 6 nitrogen and oxygen atoms in total. The summed E-state index contributed by atoms with van der Waals surface area (Å²) in [5, 5.41) is 7.52. The highest BCUT2D eigenvalue weighted by Crippen LogP contribution is 2.20. The predicted molar refractivity (Wildman–Crippen MR) is 70.4 cm³/mol. The van der Waals surface area contributed by atoms with Gasteiger partial charge in [0.15, 0.2) is 4.62 Å². The molecule has 0 fully saturated rings. The highest BCUT2D eigenvalue weighted by molar-refractivity contribution is 9.19. The molecular formula is C10H12BrN5O. The third kappa shape index (κ3) is 1.95. The van der Waals surface area contributed by atoms with Crippen LogP contribution in [0, 0.1) is 5.41 Å². The summed E-state index contributed by atoms with van der Waals surface area (Å²) in [6.45, 7) is 5.58. The molecule has 0 aromatic rings. The van der Waals surface area contributed by atoms with E-state index in [1.807, 2.05) is 13.8 Å². The lowest BCUT2D eigenvalue weighted by atomic mass is 10.1. The van der Waals surface area contributed by atoms with Gasteiger partial charge in [-0.05, 0) is 36.7 Å². The standard InChI is InChI=1S/C10H12BrN5O/c1-4(2)16-8-6(14-7(11)9(16)17)5(3)13-10(12)15-8/h4,6,12H,1-3H3. The molecule has 90 valence electrons. The maximum absolute atomic E-state index is 12.0. The second-order valence-corrected chi connectivity index (χ2v) is 4.89. The fraction of sp³-hybridized carbons (Fsp3) is 0.500. The molecule has 0 aromatic carbocycles. The number of amidine groups is 1. The van der Waals surface area contributed by atoms with Crippen LogP contribution in [0.3, 0.4) is 0 Å². The van der Waals surface area contributed by atoms with Crippen LogP contribution in [0.1, 0.15) is 20.8 Å². The van der Waals surface area contributed by atoms with Gasteiger partial charge >= 0.3 is 0 Å². The van der Waals surface area contributed by atoms with Gasteiger partial charge in [0, 0.05) is 6.04 Å². The van der Waals surface area contributed by atoms with E-state index in [0.717, 1.165) is 0 Å². The highest BCUT2D eigenvalue weighted by atomic mass is 79.9. The first kappa shape index (κ1) is 12.1. The van der Waals surface area contributed by atoms with Crippen molar-refractivity contribution in [3.63, 3.8) is 0 Å². The van der Waals surface area contributed by atoms with E-state index in [9.17, 15) is 4.79 Å². The molecule has 0 aromatic heterocycles. The van der Waals surface area contributed by atoms with Gasteiger partial charge in [-0.3, -0.25) is 20.1 Å². The van der Waals surface area contributed by atoms with Crippen LogP contribution in [0.4, 0.5) is 0 Å². The minimum Gasteiger partial charge on any atom is -0.290 e. The molecule has 2 aliphatic heterocycles. The molecule has 2 aliphatic rings. The second kappa shape index (κ2) is 4.14. The Balaban J connectivity index is 2.55. The van der Waals surface area contributed by atoms with Crippen LogP contribution in [-0.2, 0) is 4.79 Å². The van der Waals surface area contributed by atoms with E-state index in [2.05, 4.69) is 30.9 Å². The quantitative estimate of drug-likeness (QED) is 0.775. The van der Waals surface area contributed by atoms with Crippen LogP contribution in [0.25, 0.3) is 0 Å². The molecule has 0 radical (unpaired) electrons. The third-order valence-electron chi connectivity index (χ3n) is 2.54. The molecule has 1 amide bonds. The maximum atomic E-state index is 12.0. The molecule has 17 heavy (non-hydrogen) atoms. The van der Waals surface area contributed by atoms with Gasteiger partial charge in [0.25, 0.3) is 5.91 Å². The number of nitrogens with one attached hydrogen (secondary N) is 1. The summed E-state index contributed by atoms with van der Waals surface area (Å²) < 4.78 is 0.276. The van der Waals surface area contributed by atoms with Crippen molar-refractivity contribution in [1.29, 1.82) is 5.41 Å². The lowest BCUT2D eigenvalue weighted by Crippen LogP contribution is -2.55. The van der Waals surface area contributed by atoms with Gasteiger partial charge in [-0.25, -0.2) is 4.99 Å². The van der Waals surface area contributed by atoms with Crippen LogP contribution >= 0.6 is 15.9 Å². The number of guanidine groups is 1. The Hall–Kier alpha value is -1.37. The van der Waals surface area contributed by atoms with Crippen LogP contribution < -0.4 is 0 Å². The van der Waals surface area contributed by atoms with Crippen molar-refractivity contribution >= 4 is 44.0 Å². The lowest BCUT2D eigenvalue weighted by Gasteiger charge is -2.35. The molecule has 0 bridgehead atoms.